The predicted molar refractivity (Wildman–Crippen MR) is 75.3 cm³/mol. The lowest BCUT2D eigenvalue weighted by molar-refractivity contribution is 0.265. The maximum Gasteiger partial charge on any atom is 0.0178 e. The quantitative estimate of drug-likeness (QED) is 0.879. The number of nitrogens with one attached hydrogen (secondary N) is 1. The van der Waals surface area contributed by atoms with E-state index in [9.17, 15) is 0 Å². The molecule has 0 amide bonds. The first-order valence-corrected chi connectivity index (χ1v) is 7.62. The Hall–Kier alpha value is -0.340. The molecule has 1 aromatic carbocycles. The molecule has 3 rings (SSSR count). The summed E-state index contributed by atoms with van der Waals surface area (Å²) in [5, 5.41) is 3.82. The Labute approximate surface area is 112 Å². The van der Waals surface area contributed by atoms with Crippen molar-refractivity contribution < 1.29 is 0 Å². The highest BCUT2D eigenvalue weighted by Crippen LogP contribution is 2.38. The zero-order chi connectivity index (χ0) is 11.7. The molecule has 1 N–H and O–H groups in total. The van der Waals surface area contributed by atoms with Gasteiger partial charge in [-0.25, -0.2) is 0 Å². The van der Waals surface area contributed by atoms with Crippen molar-refractivity contribution in [3.8, 4) is 0 Å². The van der Waals surface area contributed by atoms with Gasteiger partial charge in [0, 0.05) is 16.6 Å². The van der Waals surface area contributed by atoms with Crippen LogP contribution < -0.4 is 5.32 Å². The molecule has 0 spiro atoms. The number of benzene rings is 1. The molecule has 0 aromatic heterocycles. The predicted octanol–water partition coefficient (Wildman–Crippen LogP) is 4.23. The summed E-state index contributed by atoms with van der Waals surface area (Å²) in [4.78, 5) is 0. The average molecular weight is 294 g/mol. The molecule has 0 radical (unpaired) electrons. The number of hydrogen-bond acceptors (Lipinski definition) is 1. The van der Waals surface area contributed by atoms with Crippen molar-refractivity contribution in [2.75, 3.05) is 0 Å². The molecule has 2 aliphatic carbocycles. The van der Waals surface area contributed by atoms with Gasteiger partial charge in [-0.15, -0.1) is 0 Å². The van der Waals surface area contributed by atoms with Crippen molar-refractivity contribution in [1.82, 2.24) is 5.32 Å². The standard InChI is InChI=1S/C15H20BrN/c16-13-5-3-4-11(8-13)12-9-15(10-12)17-14-6-1-2-7-14/h3-5,8,12,14-15,17H,1-2,6-7,9-10H2. The average Bonchev–Trinajstić information content (AvgIpc) is 2.75. The van der Waals surface area contributed by atoms with Gasteiger partial charge >= 0.3 is 0 Å². The van der Waals surface area contributed by atoms with Crippen molar-refractivity contribution in [3.63, 3.8) is 0 Å². The van der Waals surface area contributed by atoms with Crippen molar-refractivity contribution in [2.24, 2.45) is 0 Å². The Kier molecular flexibility index (Phi) is 3.53. The van der Waals surface area contributed by atoms with Crippen molar-refractivity contribution in [1.29, 1.82) is 0 Å². The minimum atomic E-state index is 0.780. The molecule has 0 bridgehead atoms. The second kappa shape index (κ2) is 5.11. The van der Waals surface area contributed by atoms with Gasteiger partial charge in [-0.3, -0.25) is 0 Å². The smallest absolute Gasteiger partial charge is 0.0178 e. The van der Waals surface area contributed by atoms with E-state index in [1.807, 2.05) is 0 Å². The van der Waals surface area contributed by atoms with Gasteiger partial charge in [0.05, 0.1) is 0 Å². The van der Waals surface area contributed by atoms with E-state index < -0.39 is 0 Å². The van der Waals surface area contributed by atoms with Gasteiger partial charge in [0.15, 0.2) is 0 Å². The Balaban J connectivity index is 1.50. The molecule has 2 fully saturated rings. The minimum Gasteiger partial charge on any atom is -0.311 e. The third kappa shape index (κ3) is 2.74. The third-order valence-corrected chi connectivity index (χ3v) is 4.78. The summed E-state index contributed by atoms with van der Waals surface area (Å²) in [5.74, 6) is 0.784. The largest absolute Gasteiger partial charge is 0.311 e. The third-order valence-electron chi connectivity index (χ3n) is 4.28. The maximum absolute atomic E-state index is 3.82. The van der Waals surface area contributed by atoms with Crippen LogP contribution in [0.25, 0.3) is 0 Å². The Morgan fingerprint density at radius 1 is 1.06 bits per heavy atom. The Bertz CT molecular complexity index is 378. The molecular formula is C15H20BrN. The first-order valence-electron chi connectivity index (χ1n) is 6.83. The summed E-state index contributed by atoms with van der Waals surface area (Å²) < 4.78 is 1.21. The molecule has 2 heteroatoms. The molecule has 2 saturated carbocycles. The van der Waals surface area contributed by atoms with Gasteiger partial charge in [0.2, 0.25) is 0 Å². The van der Waals surface area contributed by atoms with E-state index in [4.69, 9.17) is 0 Å². The first-order chi connectivity index (χ1) is 8.31. The SMILES string of the molecule is Brc1cccc(C2CC(NC3CCCC3)C2)c1. The fourth-order valence-corrected chi connectivity index (χ4v) is 3.63. The van der Waals surface area contributed by atoms with Crippen molar-refractivity contribution in [2.45, 2.75) is 56.5 Å². The van der Waals surface area contributed by atoms with Gasteiger partial charge in [-0.05, 0) is 49.3 Å². The minimum absolute atomic E-state index is 0.780. The van der Waals surface area contributed by atoms with Crippen LogP contribution in [0.2, 0.25) is 0 Å². The number of hydrogen-bond donors (Lipinski definition) is 1. The van der Waals surface area contributed by atoms with Crippen LogP contribution in [-0.2, 0) is 0 Å². The zero-order valence-electron chi connectivity index (χ0n) is 10.2. The van der Waals surface area contributed by atoms with Gasteiger partial charge in [0.25, 0.3) is 0 Å². The topological polar surface area (TPSA) is 12.0 Å². The Morgan fingerprint density at radius 3 is 2.53 bits per heavy atom. The van der Waals surface area contributed by atoms with Gasteiger partial charge < -0.3 is 5.32 Å². The maximum atomic E-state index is 3.82. The second-order valence-corrected chi connectivity index (χ2v) is 6.48. The number of rotatable bonds is 3. The molecule has 1 aromatic rings. The van der Waals surface area contributed by atoms with E-state index in [-0.39, 0.29) is 0 Å². The van der Waals surface area contributed by atoms with Crippen LogP contribution in [-0.4, -0.2) is 12.1 Å². The molecule has 0 saturated heterocycles. The van der Waals surface area contributed by atoms with Crippen LogP contribution in [0.15, 0.2) is 28.7 Å². The highest BCUT2D eigenvalue weighted by molar-refractivity contribution is 9.10. The van der Waals surface area contributed by atoms with Crippen LogP contribution in [0.4, 0.5) is 0 Å². The second-order valence-electron chi connectivity index (χ2n) is 5.57. The molecule has 0 atom stereocenters. The zero-order valence-corrected chi connectivity index (χ0v) is 11.7. The molecule has 17 heavy (non-hydrogen) atoms. The summed E-state index contributed by atoms with van der Waals surface area (Å²) in [5.41, 5.74) is 1.50. The van der Waals surface area contributed by atoms with Crippen LogP contribution >= 0.6 is 15.9 Å². The first kappa shape index (κ1) is 11.7. The highest BCUT2D eigenvalue weighted by atomic mass is 79.9. The molecule has 2 aliphatic rings. The van der Waals surface area contributed by atoms with E-state index >= 15 is 0 Å². The van der Waals surface area contributed by atoms with Crippen molar-refractivity contribution >= 4 is 15.9 Å². The monoisotopic (exact) mass is 293 g/mol. The number of halogens is 1. The van der Waals surface area contributed by atoms with E-state index in [0.29, 0.717) is 0 Å². The lowest BCUT2D eigenvalue weighted by Crippen LogP contribution is -2.44. The normalized spacial score (nSPS) is 29.2. The van der Waals surface area contributed by atoms with E-state index in [0.717, 1.165) is 18.0 Å². The summed E-state index contributed by atoms with van der Waals surface area (Å²) in [6, 6.07) is 10.4. The summed E-state index contributed by atoms with van der Waals surface area (Å²) in [6.07, 6.45) is 8.31. The van der Waals surface area contributed by atoms with E-state index in [1.165, 1.54) is 48.6 Å². The fourth-order valence-electron chi connectivity index (χ4n) is 3.21. The lowest BCUT2D eigenvalue weighted by atomic mass is 9.75. The molecule has 0 heterocycles. The lowest BCUT2D eigenvalue weighted by Gasteiger charge is -2.38. The van der Waals surface area contributed by atoms with E-state index in [1.54, 1.807) is 0 Å². The van der Waals surface area contributed by atoms with Gasteiger partial charge in [-0.1, -0.05) is 40.9 Å². The van der Waals surface area contributed by atoms with E-state index in [2.05, 4.69) is 45.5 Å². The summed E-state index contributed by atoms with van der Waals surface area (Å²) >= 11 is 3.55. The van der Waals surface area contributed by atoms with Crippen LogP contribution in [0, 0.1) is 0 Å². The van der Waals surface area contributed by atoms with Crippen LogP contribution in [0.1, 0.15) is 50.0 Å². The molecule has 92 valence electrons. The summed E-state index contributed by atoms with van der Waals surface area (Å²) in [6.45, 7) is 0. The molecule has 0 aliphatic heterocycles. The Morgan fingerprint density at radius 2 is 1.82 bits per heavy atom. The fraction of sp³-hybridized carbons (Fsp3) is 0.600. The van der Waals surface area contributed by atoms with Crippen LogP contribution in [0.5, 0.6) is 0 Å². The molecular weight excluding hydrogens is 274 g/mol. The van der Waals surface area contributed by atoms with Gasteiger partial charge in [-0.2, -0.15) is 0 Å². The van der Waals surface area contributed by atoms with Crippen molar-refractivity contribution in [3.05, 3.63) is 34.3 Å². The highest BCUT2D eigenvalue weighted by Gasteiger charge is 2.32. The molecule has 0 unspecified atom stereocenters. The summed E-state index contributed by atoms with van der Waals surface area (Å²) in [7, 11) is 0. The molecule has 1 nitrogen and oxygen atoms in total. The van der Waals surface area contributed by atoms with Crippen LogP contribution in [0.3, 0.4) is 0 Å². The van der Waals surface area contributed by atoms with Gasteiger partial charge in [0.1, 0.15) is 0 Å².